The number of rotatable bonds is 7. The van der Waals surface area contributed by atoms with Crippen LogP contribution in [0, 0.1) is 5.92 Å². The Kier molecular flexibility index (Phi) is 6.80. The molecule has 0 aromatic carbocycles. The second-order valence-corrected chi connectivity index (χ2v) is 5.96. The molecule has 0 aromatic rings. The van der Waals surface area contributed by atoms with Gasteiger partial charge in [0, 0.05) is 26.6 Å². The van der Waals surface area contributed by atoms with Crippen molar-refractivity contribution in [2.45, 2.75) is 58.0 Å². The molecule has 0 spiro atoms. The number of ether oxygens (including phenoxy) is 1. The quantitative estimate of drug-likeness (QED) is 0.771. The Labute approximate surface area is 117 Å². The first-order valence-corrected chi connectivity index (χ1v) is 7.57. The maximum atomic E-state index is 12.3. The molecular weight excluding hydrogens is 240 g/mol. The van der Waals surface area contributed by atoms with Crippen molar-refractivity contribution in [3.8, 4) is 0 Å². The van der Waals surface area contributed by atoms with Gasteiger partial charge >= 0.3 is 0 Å². The van der Waals surface area contributed by atoms with E-state index in [0.29, 0.717) is 12.3 Å². The molecular formula is C15H30N2O2. The third-order valence-corrected chi connectivity index (χ3v) is 4.42. The van der Waals surface area contributed by atoms with Crippen molar-refractivity contribution in [1.82, 2.24) is 4.90 Å². The summed E-state index contributed by atoms with van der Waals surface area (Å²) < 4.78 is 5.53. The molecule has 1 aliphatic rings. The number of nitrogens with two attached hydrogens (primary N) is 1. The minimum Gasteiger partial charge on any atom is -0.377 e. The van der Waals surface area contributed by atoms with Gasteiger partial charge in [-0.25, -0.2) is 0 Å². The zero-order valence-electron chi connectivity index (χ0n) is 12.8. The normalized spacial score (nSPS) is 25.4. The van der Waals surface area contributed by atoms with Crippen molar-refractivity contribution in [2.24, 2.45) is 11.7 Å². The number of amides is 1. The molecule has 1 saturated heterocycles. The number of methoxy groups -OCH3 is 1. The van der Waals surface area contributed by atoms with Gasteiger partial charge in [-0.3, -0.25) is 4.79 Å². The molecule has 0 bridgehead atoms. The molecule has 2 atom stereocenters. The van der Waals surface area contributed by atoms with Gasteiger partial charge in [-0.1, -0.05) is 13.3 Å². The Morgan fingerprint density at radius 2 is 2.21 bits per heavy atom. The fraction of sp³-hybridized carbons (Fsp3) is 0.933. The number of likely N-dealkylation sites (tertiary alicyclic amines) is 1. The molecule has 1 amide bonds. The summed E-state index contributed by atoms with van der Waals surface area (Å²) in [5.41, 5.74) is 5.44. The highest BCUT2D eigenvalue weighted by atomic mass is 16.5. The van der Waals surface area contributed by atoms with Gasteiger partial charge in [0.1, 0.15) is 0 Å². The van der Waals surface area contributed by atoms with E-state index in [4.69, 9.17) is 10.5 Å². The minimum absolute atomic E-state index is 0.157. The van der Waals surface area contributed by atoms with Gasteiger partial charge in [0.25, 0.3) is 0 Å². The Balaban J connectivity index is 2.40. The van der Waals surface area contributed by atoms with Gasteiger partial charge in [-0.15, -0.1) is 0 Å². The van der Waals surface area contributed by atoms with Gasteiger partial charge in [-0.05, 0) is 45.1 Å². The molecule has 0 saturated carbocycles. The number of hydrogen-bond donors (Lipinski definition) is 1. The number of nitrogens with zero attached hydrogens (tertiary/aromatic N) is 1. The predicted molar refractivity (Wildman–Crippen MR) is 77.9 cm³/mol. The first kappa shape index (κ1) is 16.4. The summed E-state index contributed by atoms with van der Waals surface area (Å²) >= 11 is 0. The summed E-state index contributed by atoms with van der Waals surface area (Å²) in [5, 5.41) is 0. The molecule has 4 heteroatoms. The average Bonchev–Trinajstić information content (AvgIpc) is 2.43. The van der Waals surface area contributed by atoms with Crippen LogP contribution >= 0.6 is 0 Å². The molecule has 2 N–H and O–H groups in total. The Morgan fingerprint density at radius 3 is 2.79 bits per heavy atom. The summed E-state index contributed by atoms with van der Waals surface area (Å²) in [4.78, 5) is 14.2. The van der Waals surface area contributed by atoms with E-state index in [1.54, 1.807) is 7.11 Å². The van der Waals surface area contributed by atoms with E-state index in [2.05, 4.69) is 13.8 Å². The Hall–Kier alpha value is -0.610. The largest absolute Gasteiger partial charge is 0.377 e. The van der Waals surface area contributed by atoms with Crippen LogP contribution in [0.5, 0.6) is 0 Å². The zero-order valence-corrected chi connectivity index (χ0v) is 12.8. The van der Waals surface area contributed by atoms with E-state index in [0.717, 1.165) is 51.7 Å². The zero-order chi connectivity index (χ0) is 14.3. The first-order chi connectivity index (χ1) is 9.04. The van der Waals surface area contributed by atoms with Crippen molar-refractivity contribution in [3.05, 3.63) is 0 Å². The molecule has 0 aliphatic carbocycles. The number of carbonyl (C=O) groups is 1. The van der Waals surface area contributed by atoms with Gasteiger partial charge in [-0.2, -0.15) is 0 Å². The molecule has 2 unspecified atom stereocenters. The van der Waals surface area contributed by atoms with E-state index in [1.807, 2.05) is 4.90 Å². The summed E-state index contributed by atoms with van der Waals surface area (Å²) in [5.74, 6) is 0.867. The molecule has 19 heavy (non-hydrogen) atoms. The van der Waals surface area contributed by atoms with Crippen LogP contribution in [-0.2, 0) is 9.53 Å². The van der Waals surface area contributed by atoms with Crippen molar-refractivity contribution in [1.29, 1.82) is 0 Å². The first-order valence-electron chi connectivity index (χ1n) is 7.57. The number of piperidine rings is 1. The fourth-order valence-electron chi connectivity index (χ4n) is 2.86. The molecule has 112 valence electrons. The summed E-state index contributed by atoms with van der Waals surface area (Å²) in [6, 6.07) is 0. The van der Waals surface area contributed by atoms with Gasteiger partial charge in [0.15, 0.2) is 0 Å². The van der Waals surface area contributed by atoms with E-state index < -0.39 is 0 Å². The van der Waals surface area contributed by atoms with Crippen LogP contribution in [0.15, 0.2) is 0 Å². The Morgan fingerprint density at radius 1 is 1.47 bits per heavy atom. The second kappa shape index (κ2) is 7.85. The summed E-state index contributed by atoms with van der Waals surface area (Å²) in [6.45, 7) is 6.60. The highest BCUT2D eigenvalue weighted by Gasteiger charge is 2.32. The molecule has 1 aliphatic heterocycles. The molecule has 0 radical (unpaired) electrons. The van der Waals surface area contributed by atoms with Crippen molar-refractivity contribution in [2.75, 3.05) is 26.7 Å². The lowest BCUT2D eigenvalue weighted by atomic mass is 9.93. The third-order valence-electron chi connectivity index (χ3n) is 4.42. The molecule has 1 fully saturated rings. The SMILES string of the molecule is CCC(CCN)CCC(=O)N1CCCC(C)(OC)C1. The third kappa shape index (κ3) is 5.11. The Bertz CT molecular complexity index is 283. The van der Waals surface area contributed by atoms with Crippen LogP contribution in [-0.4, -0.2) is 43.2 Å². The predicted octanol–water partition coefficient (Wildman–Crippen LogP) is 2.17. The number of carbonyl (C=O) groups excluding carboxylic acids is 1. The van der Waals surface area contributed by atoms with Gasteiger partial charge in [0.2, 0.25) is 5.91 Å². The average molecular weight is 270 g/mol. The summed E-state index contributed by atoms with van der Waals surface area (Å²) in [7, 11) is 1.74. The van der Waals surface area contributed by atoms with E-state index in [-0.39, 0.29) is 11.5 Å². The maximum Gasteiger partial charge on any atom is 0.222 e. The lowest BCUT2D eigenvalue weighted by Gasteiger charge is -2.39. The monoisotopic (exact) mass is 270 g/mol. The van der Waals surface area contributed by atoms with Crippen LogP contribution < -0.4 is 5.73 Å². The highest BCUT2D eigenvalue weighted by molar-refractivity contribution is 5.76. The maximum absolute atomic E-state index is 12.3. The smallest absolute Gasteiger partial charge is 0.222 e. The highest BCUT2D eigenvalue weighted by Crippen LogP contribution is 2.25. The van der Waals surface area contributed by atoms with Crippen molar-refractivity contribution in [3.63, 3.8) is 0 Å². The minimum atomic E-state index is -0.157. The van der Waals surface area contributed by atoms with Crippen LogP contribution in [0.4, 0.5) is 0 Å². The molecule has 4 nitrogen and oxygen atoms in total. The van der Waals surface area contributed by atoms with Crippen molar-refractivity contribution < 1.29 is 9.53 Å². The van der Waals surface area contributed by atoms with Crippen molar-refractivity contribution >= 4 is 5.91 Å². The lowest BCUT2D eigenvalue weighted by molar-refractivity contribution is -0.139. The lowest BCUT2D eigenvalue weighted by Crippen LogP contribution is -2.49. The van der Waals surface area contributed by atoms with E-state index >= 15 is 0 Å². The molecule has 1 heterocycles. The van der Waals surface area contributed by atoms with Crippen LogP contribution in [0.25, 0.3) is 0 Å². The summed E-state index contributed by atoms with van der Waals surface area (Å²) in [6.07, 6.45) is 5.83. The van der Waals surface area contributed by atoms with Gasteiger partial charge in [0.05, 0.1) is 5.60 Å². The second-order valence-electron chi connectivity index (χ2n) is 5.96. The topological polar surface area (TPSA) is 55.6 Å². The standard InChI is InChI=1S/C15H30N2O2/c1-4-13(8-10-16)6-7-14(18)17-11-5-9-15(2,12-17)19-3/h13H,4-12,16H2,1-3H3. The van der Waals surface area contributed by atoms with Crippen LogP contribution in [0.2, 0.25) is 0 Å². The molecule has 0 aromatic heterocycles. The van der Waals surface area contributed by atoms with Gasteiger partial charge < -0.3 is 15.4 Å². The molecule has 1 rings (SSSR count). The van der Waals surface area contributed by atoms with E-state index in [1.165, 1.54) is 0 Å². The fourth-order valence-corrected chi connectivity index (χ4v) is 2.86. The number of hydrogen-bond acceptors (Lipinski definition) is 3. The van der Waals surface area contributed by atoms with Crippen LogP contribution in [0.3, 0.4) is 0 Å². The van der Waals surface area contributed by atoms with Crippen LogP contribution in [0.1, 0.15) is 52.4 Å². The van der Waals surface area contributed by atoms with E-state index in [9.17, 15) is 4.79 Å².